The lowest BCUT2D eigenvalue weighted by atomic mass is 9.90. The van der Waals surface area contributed by atoms with Crippen molar-refractivity contribution in [3.05, 3.63) is 124 Å². The van der Waals surface area contributed by atoms with Gasteiger partial charge in [-0.3, -0.25) is 19.8 Å². The predicted octanol–water partition coefficient (Wildman–Crippen LogP) is 9.12. The Balaban J connectivity index is 1.24. The summed E-state index contributed by atoms with van der Waals surface area (Å²) in [7, 11) is 0. The smallest absolute Gasteiger partial charge is 0.416 e. The van der Waals surface area contributed by atoms with Crippen molar-refractivity contribution < 1.29 is 22.7 Å². The summed E-state index contributed by atoms with van der Waals surface area (Å²) in [5.41, 5.74) is 4.08. The third kappa shape index (κ3) is 8.38. The van der Waals surface area contributed by atoms with E-state index in [4.69, 9.17) is 9.72 Å². The number of rotatable bonds is 9. The summed E-state index contributed by atoms with van der Waals surface area (Å²) in [6, 6.07) is 21.7. The van der Waals surface area contributed by atoms with Crippen molar-refractivity contribution in [2.75, 3.05) is 0 Å². The van der Waals surface area contributed by atoms with Crippen molar-refractivity contribution in [1.82, 2.24) is 24.8 Å². The zero-order chi connectivity index (χ0) is 33.9. The third-order valence-corrected chi connectivity index (χ3v) is 9.24. The van der Waals surface area contributed by atoms with E-state index < -0.39 is 23.4 Å². The standard InChI is InChI=1S/C37H38F3N5O2S/c1-36(2,3)47-35(46)45(23-29-10-4-5-18-41-29)22-26-14-12-25(13-15-26)21-44(31-11-6-8-27-9-7-19-42-34(27)31)24-33-43-30-20-28(37(38,39)40)16-17-32(30)48-33/h4-5,7,9-10,12-20,31H,6,8,11,21-24H2,1-3H3. The van der Waals surface area contributed by atoms with Crippen LogP contribution in [0.15, 0.2) is 85.2 Å². The van der Waals surface area contributed by atoms with E-state index >= 15 is 0 Å². The first-order valence-corrected chi connectivity index (χ1v) is 16.8. The van der Waals surface area contributed by atoms with Crippen LogP contribution in [0.25, 0.3) is 10.2 Å². The fourth-order valence-electron chi connectivity index (χ4n) is 6.01. The predicted molar refractivity (Wildman–Crippen MR) is 180 cm³/mol. The van der Waals surface area contributed by atoms with Gasteiger partial charge in [0.2, 0.25) is 0 Å². The molecule has 1 atom stereocenters. The van der Waals surface area contributed by atoms with Crippen molar-refractivity contribution >= 4 is 27.6 Å². The molecule has 0 radical (unpaired) electrons. The molecule has 3 heterocycles. The quantitative estimate of drug-likeness (QED) is 0.155. The van der Waals surface area contributed by atoms with Crippen LogP contribution in [0, 0.1) is 0 Å². The topological polar surface area (TPSA) is 71.5 Å². The maximum Gasteiger partial charge on any atom is 0.416 e. The molecule has 1 aliphatic rings. The van der Waals surface area contributed by atoms with Gasteiger partial charge in [-0.2, -0.15) is 13.2 Å². The summed E-state index contributed by atoms with van der Waals surface area (Å²) < 4.78 is 46.6. The minimum absolute atomic E-state index is 0.0356. The number of benzene rings is 2. The van der Waals surface area contributed by atoms with Crippen LogP contribution in [-0.2, 0) is 43.5 Å². The Morgan fingerprint density at radius 3 is 2.35 bits per heavy atom. The summed E-state index contributed by atoms with van der Waals surface area (Å²) in [4.78, 5) is 31.0. The van der Waals surface area contributed by atoms with Gasteiger partial charge in [0.05, 0.1) is 46.3 Å². The second kappa shape index (κ2) is 14.0. The lowest BCUT2D eigenvalue weighted by molar-refractivity contribution is -0.137. The van der Waals surface area contributed by atoms with Gasteiger partial charge < -0.3 is 4.74 Å². The zero-order valence-corrected chi connectivity index (χ0v) is 28.0. The van der Waals surface area contributed by atoms with Crippen LogP contribution in [0.3, 0.4) is 0 Å². The van der Waals surface area contributed by atoms with Crippen molar-refractivity contribution in [2.24, 2.45) is 0 Å². The average Bonchev–Trinajstić information content (AvgIpc) is 3.46. The van der Waals surface area contributed by atoms with E-state index in [1.165, 1.54) is 23.0 Å². The lowest BCUT2D eigenvalue weighted by Crippen LogP contribution is -2.36. The molecule has 0 N–H and O–H groups in total. The second-order valence-corrected chi connectivity index (χ2v) is 14.2. The maximum absolute atomic E-state index is 13.4. The van der Waals surface area contributed by atoms with Crippen LogP contribution in [-0.4, -0.2) is 36.4 Å². The molecule has 0 saturated carbocycles. The van der Waals surface area contributed by atoms with E-state index in [1.807, 2.05) is 63.4 Å². The molecule has 2 aromatic carbocycles. The van der Waals surface area contributed by atoms with Gasteiger partial charge in [0.25, 0.3) is 0 Å². The number of carbonyl (C=O) groups excluding carboxylic acids is 1. The van der Waals surface area contributed by atoms with Gasteiger partial charge in [0.1, 0.15) is 10.6 Å². The van der Waals surface area contributed by atoms with Gasteiger partial charge in [0, 0.05) is 25.5 Å². The number of halogens is 3. The Morgan fingerprint density at radius 1 is 0.896 bits per heavy atom. The Kier molecular flexibility index (Phi) is 9.80. The Hall–Kier alpha value is -4.35. The molecule has 5 aromatic rings. The summed E-state index contributed by atoms with van der Waals surface area (Å²) in [6.07, 6.45) is 1.60. The zero-order valence-electron chi connectivity index (χ0n) is 27.2. The normalized spacial score (nSPS) is 15.0. The number of carbonyl (C=O) groups is 1. The molecule has 7 nitrogen and oxygen atoms in total. The fraction of sp³-hybridized carbons (Fsp3) is 0.351. The van der Waals surface area contributed by atoms with Crippen molar-refractivity contribution in [2.45, 2.75) is 84.0 Å². The summed E-state index contributed by atoms with van der Waals surface area (Å²) >= 11 is 1.42. The molecule has 3 aromatic heterocycles. The maximum atomic E-state index is 13.4. The number of hydrogen-bond acceptors (Lipinski definition) is 7. The number of nitrogens with zero attached hydrogens (tertiary/aromatic N) is 5. The molecule has 1 amide bonds. The van der Waals surface area contributed by atoms with Gasteiger partial charge in [-0.05, 0) is 93.1 Å². The average molecular weight is 674 g/mol. The van der Waals surface area contributed by atoms with Crippen LogP contribution < -0.4 is 0 Å². The van der Waals surface area contributed by atoms with Crippen molar-refractivity contribution in [1.29, 1.82) is 0 Å². The monoisotopic (exact) mass is 673 g/mol. The van der Waals surface area contributed by atoms with Crippen molar-refractivity contribution in [3.63, 3.8) is 0 Å². The molecule has 1 aliphatic carbocycles. The first kappa shape index (κ1) is 33.5. The van der Waals surface area contributed by atoms with E-state index in [-0.39, 0.29) is 6.04 Å². The highest BCUT2D eigenvalue weighted by Crippen LogP contribution is 2.37. The fourth-order valence-corrected chi connectivity index (χ4v) is 6.99. The van der Waals surface area contributed by atoms with Crippen LogP contribution in [0.4, 0.5) is 18.0 Å². The number of aryl methyl sites for hydroxylation is 1. The number of ether oxygens (including phenoxy) is 1. The van der Waals surface area contributed by atoms with Gasteiger partial charge in [-0.1, -0.05) is 36.4 Å². The molecule has 0 bridgehead atoms. The molecule has 48 heavy (non-hydrogen) atoms. The number of thiazole rings is 1. The van der Waals surface area contributed by atoms with E-state index in [1.54, 1.807) is 11.1 Å². The molecule has 0 spiro atoms. The van der Waals surface area contributed by atoms with E-state index in [0.29, 0.717) is 31.7 Å². The molecule has 1 unspecified atom stereocenters. The second-order valence-electron chi connectivity index (χ2n) is 13.1. The molecule has 250 valence electrons. The number of amides is 1. The number of fused-ring (bicyclic) bond motifs is 2. The van der Waals surface area contributed by atoms with Gasteiger partial charge >= 0.3 is 12.3 Å². The lowest BCUT2D eigenvalue weighted by Gasteiger charge is -2.34. The van der Waals surface area contributed by atoms with Gasteiger partial charge in [-0.15, -0.1) is 11.3 Å². The van der Waals surface area contributed by atoms with Crippen LogP contribution in [0.2, 0.25) is 0 Å². The molecule has 0 saturated heterocycles. The molecule has 0 aliphatic heterocycles. The summed E-state index contributed by atoms with van der Waals surface area (Å²) in [6.45, 7) is 7.26. The van der Waals surface area contributed by atoms with Gasteiger partial charge in [0.15, 0.2) is 0 Å². The third-order valence-electron chi connectivity index (χ3n) is 8.22. The van der Waals surface area contributed by atoms with Crippen molar-refractivity contribution in [3.8, 4) is 0 Å². The molecular weight excluding hydrogens is 636 g/mol. The molecule has 11 heteroatoms. The summed E-state index contributed by atoms with van der Waals surface area (Å²) in [5, 5.41) is 0.756. The number of hydrogen-bond donors (Lipinski definition) is 0. The molecular formula is C37H38F3N5O2S. The molecule has 6 rings (SSSR count). The molecule has 0 fully saturated rings. The SMILES string of the molecule is CC(C)(C)OC(=O)N(Cc1ccc(CN(Cc2nc3cc(C(F)(F)F)ccc3s2)C2CCCc3cccnc32)cc1)Cc1ccccn1. The van der Waals surface area contributed by atoms with Crippen LogP contribution in [0.1, 0.15) is 78.3 Å². The van der Waals surface area contributed by atoms with Gasteiger partial charge in [-0.25, -0.2) is 9.78 Å². The van der Waals surface area contributed by atoms with E-state index in [0.717, 1.165) is 63.6 Å². The number of aromatic nitrogens is 3. The highest BCUT2D eigenvalue weighted by Gasteiger charge is 2.32. The largest absolute Gasteiger partial charge is 0.444 e. The summed E-state index contributed by atoms with van der Waals surface area (Å²) in [5.74, 6) is 0. The first-order valence-electron chi connectivity index (χ1n) is 16.0. The van der Waals surface area contributed by atoms with E-state index in [9.17, 15) is 18.0 Å². The Bertz CT molecular complexity index is 1860. The van der Waals surface area contributed by atoms with Crippen LogP contribution in [0.5, 0.6) is 0 Å². The minimum atomic E-state index is -4.42. The Morgan fingerprint density at radius 2 is 1.65 bits per heavy atom. The highest BCUT2D eigenvalue weighted by atomic mass is 32.1. The first-order chi connectivity index (χ1) is 22.9. The Labute approximate surface area is 282 Å². The number of alkyl halides is 3. The van der Waals surface area contributed by atoms with E-state index in [2.05, 4.69) is 33.1 Å². The highest BCUT2D eigenvalue weighted by molar-refractivity contribution is 7.18. The minimum Gasteiger partial charge on any atom is -0.444 e. The number of pyridine rings is 2. The van der Waals surface area contributed by atoms with Crippen LogP contribution >= 0.6 is 11.3 Å².